The number of benzene rings is 1. The Morgan fingerprint density at radius 1 is 1.14 bits per heavy atom. The summed E-state index contributed by atoms with van der Waals surface area (Å²) in [5, 5.41) is 3.93. The highest BCUT2D eigenvalue weighted by Crippen LogP contribution is 2.43. The summed E-state index contributed by atoms with van der Waals surface area (Å²) in [5.41, 5.74) is 3.83. The van der Waals surface area contributed by atoms with Gasteiger partial charge in [-0.2, -0.15) is 0 Å². The predicted molar refractivity (Wildman–Crippen MR) is 109 cm³/mol. The lowest BCUT2D eigenvalue weighted by Crippen LogP contribution is -2.35. The molecule has 1 aliphatic heterocycles. The average Bonchev–Trinajstić information content (AvgIpc) is 2.68. The first-order chi connectivity index (χ1) is 13.5. The minimum atomic E-state index is -0.418. The summed E-state index contributed by atoms with van der Waals surface area (Å²) < 4.78 is 5.89. The Balaban J connectivity index is 1.74. The van der Waals surface area contributed by atoms with E-state index in [1.165, 1.54) is 6.42 Å². The zero-order valence-corrected chi connectivity index (χ0v) is 17.0. The topological polar surface area (TPSA) is 55.4 Å². The Bertz CT molecular complexity index is 864. The second-order valence-corrected chi connectivity index (χ2v) is 8.42. The fourth-order valence-electron chi connectivity index (χ4n) is 4.67. The number of dihydropyridines is 1. The van der Waals surface area contributed by atoms with Gasteiger partial charge >= 0.3 is 5.97 Å². The van der Waals surface area contributed by atoms with Crippen LogP contribution in [-0.4, -0.2) is 17.9 Å². The van der Waals surface area contributed by atoms with Crippen LogP contribution in [-0.2, 0) is 14.3 Å². The first-order valence-corrected chi connectivity index (χ1v) is 10.6. The second-order valence-electron chi connectivity index (χ2n) is 7.99. The van der Waals surface area contributed by atoms with Crippen LogP contribution < -0.4 is 5.32 Å². The summed E-state index contributed by atoms with van der Waals surface area (Å²) in [6.07, 6.45) is 7.37. The van der Waals surface area contributed by atoms with Gasteiger partial charge in [-0.25, -0.2) is 4.79 Å². The zero-order chi connectivity index (χ0) is 19.7. The Hall–Kier alpha value is -2.07. The van der Waals surface area contributed by atoms with Crippen molar-refractivity contribution in [2.45, 2.75) is 70.3 Å². The van der Waals surface area contributed by atoms with E-state index in [-0.39, 0.29) is 17.9 Å². The molecule has 1 saturated carbocycles. The van der Waals surface area contributed by atoms with Gasteiger partial charge in [0.15, 0.2) is 5.78 Å². The van der Waals surface area contributed by atoms with E-state index in [0.717, 1.165) is 55.5 Å². The van der Waals surface area contributed by atoms with Crippen LogP contribution >= 0.6 is 11.6 Å². The highest BCUT2D eigenvalue weighted by molar-refractivity contribution is 6.30. The van der Waals surface area contributed by atoms with E-state index in [2.05, 4.69) is 5.32 Å². The number of halogens is 1. The zero-order valence-electron chi connectivity index (χ0n) is 16.2. The van der Waals surface area contributed by atoms with Crippen LogP contribution in [0.5, 0.6) is 0 Å². The molecule has 4 rings (SSSR count). The van der Waals surface area contributed by atoms with Crippen molar-refractivity contribution in [3.8, 4) is 0 Å². The summed E-state index contributed by atoms with van der Waals surface area (Å²) in [6, 6.07) is 7.47. The van der Waals surface area contributed by atoms with Gasteiger partial charge in [0.05, 0.1) is 5.57 Å². The highest BCUT2D eigenvalue weighted by Gasteiger charge is 2.39. The van der Waals surface area contributed by atoms with E-state index in [1.54, 1.807) is 6.07 Å². The molecule has 0 spiro atoms. The smallest absolute Gasteiger partial charge is 0.337 e. The number of carbonyl (C=O) groups excluding carboxylic acids is 2. The number of hydrogen-bond acceptors (Lipinski definition) is 4. The third-order valence-electron chi connectivity index (χ3n) is 6.00. The lowest BCUT2D eigenvalue weighted by Gasteiger charge is -2.35. The predicted octanol–water partition coefficient (Wildman–Crippen LogP) is 5.18. The molecule has 0 aromatic heterocycles. The third kappa shape index (κ3) is 3.75. The number of nitrogens with one attached hydrogen (secondary N) is 1. The van der Waals surface area contributed by atoms with Gasteiger partial charge in [-0.3, -0.25) is 4.79 Å². The monoisotopic (exact) mass is 399 g/mol. The molecule has 3 aliphatic rings. The first kappa shape index (κ1) is 19.3. The molecule has 28 heavy (non-hydrogen) atoms. The number of hydrogen-bond donors (Lipinski definition) is 1. The molecular weight excluding hydrogens is 374 g/mol. The number of Topliss-reactive ketones (excluding diaryl/α,β-unsaturated/α-hetero) is 1. The van der Waals surface area contributed by atoms with E-state index in [4.69, 9.17) is 16.3 Å². The molecule has 1 heterocycles. The van der Waals surface area contributed by atoms with Gasteiger partial charge < -0.3 is 10.1 Å². The highest BCUT2D eigenvalue weighted by atomic mass is 35.5. The number of esters is 1. The van der Waals surface area contributed by atoms with Crippen molar-refractivity contribution in [1.82, 2.24) is 5.32 Å². The largest absolute Gasteiger partial charge is 0.459 e. The van der Waals surface area contributed by atoms with Crippen LogP contribution in [0.25, 0.3) is 0 Å². The van der Waals surface area contributed by atoms with Crippen molar-refractivity contribution in [2.75, 3.05) is 0 Å². The van der Waals surface area contributed by atoms with Gasteiger partial charge in [-0.1, -0.05) is 30.2 Å². The molecule has 4 nitrogen and oxygen atoms in total. The second kappa shape index (κ2) is 8.12. The molecule has 0 unspecified atom stereocenters. The molecule has 0 bridgehead atoms. The van der Waals surface area contributed by atoms with Crippen molar-refractivity contribution in [3.63, 3.8) is 0 Å². The fourth-order valence-corrected chi connectivity index (χ4v) is 4.87. The van der Waals surface area contributed by atoms with Crippen molar-refractivity contribution in [2.24, 2.45) is 0 Å². The van der Waals surface area contributed by atoms with Crippen molar-refractivity contribution in [1.29, 1.82) is 0 Å². The molecule has 148 valence electrons. The van der Waals surface area contributed by atoms with E-state index in [9.17, 15) is 9.59 Å². The first-order valence-electron chi connectivity index (χ1n) is 10.2. The Kier molecular flexibility index (Phi) is 5.58. The molecule has 1 N–H and O–H groups in total. The molecule has 0 radical (unpaired) electrons. The van der Waals surface area contributed by atoms with E-state index < -0.39 is 5.92 Å². The summed E-state index contributed by atoms with van der Waals surface area (Å²) in [4.78, 5) is 26.1. The molecule has 1 aromatic carbocycles. The normalized spacial score (nSPS) is 23.4. The Morgan fingerprint density at radius 3 is 2.68 bits per heavy atom. The number of ether oxygens (including phenoxy) is 1. The van der Waals surface area contributed by atoms with Crippen LogP contribution in [0.2, 0.25) is 5.02 Å². The number of ketones is 1. The summed E-state index contributed by atoms with van der Waals surface area (Å²) >= 11 is 6.25. The standard InChI is InChI=1S/C23H26ClNO3/c1-14-20(23(27)28-17-9-3-2-4-10-17)21(15-7-5-8-16(24)13-15)22-18(25-14)11-6-12-19(22)26/h5,7-8,13,17,21,25H,2-4,6,9-12H2,1H3/t21-/m0/s1. The van der Waals surface area contributed by atoms with Crippen LogP contribution in [0, 0.1) is 0 Å². The molecular formula is C23H26ClNO3. The minimum absolute atomic E-state index is 0.0287. The maximum absolute atomic E-state index is 13.2. The Labute approximate surface area is 171 Å². The maximum Gasteiger partial charge on any atom is 0.337 e. The van der Waals surface area contributed by atoms with E-state index in [0.29, 0.717) is 22.6 Å². The van der Waals surface area contributed by atoms with Crippen LogP contribution in [0.1, 0.15) is 69.8 Å². The van der Waals surface area contributed by atoms with Gasteiger partial charge in [-0.15, -0.1) is 0 Å². The summed E-state index contributed by atoms with van der Waals surface area (Å²) in [7, 11) is 0. The SMILES string of the molecule is CC1=C(C(=O)OC2CCCCC2)[C@H](c2cccc(Cl)c2)C2=C(CCCC2=O)N1. The summed E-state index contributed by atoms with van der Waals surface area (Å²) in [6.45, 7) is 1.90. The van der Waals surface area contributed by atoms with Crippen LogP contribution in [0.15, 0.2) is 46.8 Å². The lowest BCUT2D eigenvalue weighted by atomic mass is 9.75. The van der Waals surface area contributed by atoms with Crippen molar-refractivity contribution in [3.05, 3.63) is 57.4 Å². The van der Waals surface area contributed by atoms with Gasteiger partial charge in [0.2, 0.25) is 0 Å². The maximum atomic E-state index is 13.2. The molecule has 5 heteroatoms. The van der Waals surface area contributed by atoms with E-state index >= 15 is 0 Å². The number of carbonyl (C=O) groups is 2. The fraction of sp³-hybridized carbons (Fsp3) is 0.478. The van der Waals surface area contributed by atoms with Gasteiger partial charge in [0.1, 0.15) is 6.10 Å². The molecule has 1 fully saturated rings. The molecule has 1 aromatic rings. The number of rotatable bonds is 3. The van der Waals surface area contributed by atoms with Crippen LogP contribution in [0.3, 0.4) is 0 Å². The third-order valence-corrected chi connectivity index (χ3v) is 6.24. The van der Waals surface area contributed by atoms with Gasteiger partial charge in [0, 0.05) is 34.3 Å². The quantitative estimate of drug-likeness (QED) is 0.711. The van der Waals surface area contributed by atoms with Gasteiger partial charge in [-0.05, 0) is 63.1 Å². The molecule has 1 atom stereocenters. The van der Waals surface area contributed by atoms with Crippen molar-refractivity contribution >= 4 is 23.4 Å². The van der Waals surface area contributed by atoms with Crippen molar-refractivity contribution < 1.29 is 14.3 Å². The Morgan fingerprint density at radius 2 is 1.93 bits per heavy atom. The summed E-state index contributed by atoms with van der Waals surface area (Å²) in [5.74, 6) is -0.625. The van der Waals surface area contributed by atoms with Gasteiger partial charge in [0.25, 0.3) is 0 Å². The molecule has 2 aliphatic carbocycles. The molecule has 0 saturated heterocycles. The van der Waals surface area contributed by atoms with Crippen LogP contribution in [0.4, 0.5) is 0 Å². The van der Waals surface area contributed by atoms with E-state index in [1.807, 2.05) is 25.1 Å². The molecule has 0 amide bonds. The minimum Gasteiger partial charge on any atom is -0.459 e. The number of allylic oxidation sites excluding steroid dienone is 3. The lowest BCUT2D eigenvalue weighted by molar-refractivity contribution is -0.146. The average molecular weight is 400 g/mol.